The smallest absolute Gasteiger partial charge is 0.414 e. The number of ether oxygens (including phenoxy) is 2. The van der Waals surface area contributed by atoms with Crippen molar-refractivity contribution in [3.63, 3.8) is 0 Å². The fourth-order valence-corrected chi connectivity index (χ4v) is 4.96. The molecule has 1 saturated heterocycles. The average molecular weight is 473 g/mol. The normalized spacial score (nSPS) is 20.5. The monoisotopic (exact) mass is 472 g/mol. The van der Waals surface area contributed by atoms with Crippen molar-refractivity contribution in [2.24, 2.45) is 0 Å². The zero-order chi connectivity index (χ0) is 23.8. The van der Waals surface area contributed by atoms with Crippen molar-refractivity contribution >= 4 is 33.2 Å². The van der Waals surface area contributed by atoms with Gasteiger partial charge in [-0.1, -0.05) is 18.2 Å². The molecule has 2 heterocycles. The van der Waals surface area contributed by atoms with Gasteiger partial charge in [0.1, 0.15) is 6.10 Å². The minimum absolute atomic E-state index is 0.117. The van der Waals surface area contributed by atoms with Crippen molar-refractivity contribution in [1.29, 1.82) is 0 Å². The van der Waals surface area contributed by atoms with Crippen LogP contribution in [0.5, 0.6) is 0 Å². The van der Waals surface area contributed by atoms with E-state index in [0.717, 1.165) is 17.5 Å². The highest BCUT2D eigenvalue weighted by atomic mass is 32.2. The molecule has 2 atom stereocenters. The maximum Gasteiger partial charge on any atom is 0.414 e. The Labute approximate surface area is 194 Å². The highest BCUT2D eigenvalue weighted by Crippen LogP contribution is 2.40. The molecule has 2 amide bonds. The molecule has 4 rings (SSSR count). The predicted molar refractivity (Wildman–Crippen MR) is 125 cm³/mol. The van der Waals surface area contributed by atoms with Gasteiger partial charge >= 0.3 is 6.09 Å². The van der Waals surface area contributed by atoms with Crippen LogP contribution in [0.25, 0.3) is 11.1 Å². The van der Waals surface area contributed by atoms with Gasteiger partial charge in [-0.05, 0) is 62.1 Å². The molecule has 1 fully saturated rings. The number of nitrogens with zero attached hydrogens (tertiary/aromatic N) is 2. The lowest BCUT2D eigenvalue weighted by atomic mass is 10.0. The molecular formula is C24H28N2O6S. The molecule has 0 bridgehead atoms. The van der Waals surface area contributed by atoms with Gasteiger partial charge in [-0.2, -0.15) is 0 Å². The third-order valence-corrected chi connectivity index (χ3v) is 7.09. The van der Waals surface area contributed by atoms with Crippen LogP contribution in [0.15, 0.2) is 47.4 Å². The van der Waals surface area contributed by atoms with Crippen molar-refractivity contribution in [2.45, 2.75) is 43.7 Å². The number of hydrogen-bond donors (Lipinski definition) is 0. The predicted octanol–water partition coefficient (Wildman–Crippen LogP) is 3.63. The number of benzene rings is 2. The zero-order valence-electron chi connectivity index (χ0n) is 19.0. The lowest BCUT2D eigenvalue weighted by molar-refractivity contribution is -0.127. The molecule has 1 unspecified atom stereocenters. The molecule has 0 radical (unpaired) electrons. The largest absolute Gasteiger partial charge is 0.449 e. The molecule has 0 aromatic heterocycles. The van der Waals surface area contributed by atoms with Crippen molar-refractivity contribution < 1.29 is 27.5 Å². The van der Waals surface area contributed by atoms with Crippen molar-refractivity contribution in [2.75, 3.05) is 35.8 Å². The molecule has 0 spiro atoms. The van der Waals surface area contributed by atoms with Gasteiger partial charge in [-0.15, -0.1) is 0 Å². The lowest BCUT2D eigenvalue weighted by Crippen LogP contribution is -2.54. The van der Waals surface area contributed by atoms with Gasteiger partial charge in [0.15, 0.2) is 9.84 Å². The van der Waals surface area contributed by atoms with Crippen LogP contribution in [0.1, 0.15) is 26.7 Å². The summed E-state index contributed by atoms with van der Waals surface area (Å²) in [6.45, 7) is 4.77. The molecule has 2 aromatic carbocycles. The first-order valence-corrected chi connectivity index (χ1v) is 12.9. The molecular weight excluding hydrogens is 444 g/mol. The Morgan fingerprint density at radius 2 is 1.79 bits per heavy atom. The van der Waals surface area contributed by atoms with Crippen LogP contribution in [0, 0.1) is 0 Å². The van der Waals surface area contributed by atoms with Crippen molar-refractivity contribution in [3.8, 4) is 11.1 Å². The van der Waals surface area contributed by atoms with Crippen LogP contribution < -0.4 is 9.80 Å². The summed E-state index contributed by atoms with van der Waals surface area (Å²) in [6, 6.07) is 11.8. The van der Waals surface area contributed by atoms with E-state index in [0.29, 0.717) is 30.9 Å². The second-order valence-corrected chi connectivity index (χ2v) is 10.4. The molecule has 2 aliphatic heterocycles. The number of amides is 2. The molecule has 33 heavy (non-hydrogen) atoms. The Bertz CT molecular complexity index is 1160. The van der Waals surface area contributed by atoms with Gasteiger partial charge in [0.05, 0.1) is 28.9 Å². The zero-order valence-corrected chi connectivity index (χ0v) is 19.8. The molecule has 2 aromatic rings. The number of sulfone groups is 1. The molecule has 9 heteroatoms. The average Bonchev–Trinajstić information content (AvgIpc) is 3.32. The molecule has 8 nitrogen and oxygen atoms in total. The first-order chi connectivity index (χ1) is 15.7. The number of hydrogen-bond acceptors (Lipinski definition) is 6. The van der Waals surface area contributed by atoms with Gasteiger partial charge in [0.25, 0.3) is 5.91 Å². The maximum absolute atomic E-state index is 13.3. The van der Waals surface area contributed by atoms with Gasteiger partial charge in [-0.3, -0.25) is 9.69 Å². The first-order valence-electron chi connectivity index (χ1n) is 11.0. The van der Waals surface area contributed by atoms with E-state index in [1.807, 2.05) is 19.1 Å². The second kappa shape index (κ2) is 9.15. The summed E-state index contributed by atoms with van der Waals surface area (Å²) >= 11 is 0. The van der Waals surface area contributed by atoms with Crippen LogP contribution >= 0.6 is 0 Å². The summed E-state index contributed by atoms with van der Waals surface area (Å²) in [5, 5.41) is 0. The molecule has 2 aliphatic rings. The number of rotatable bonds is 4. The second-order valence-electron chi connectivity index (χ2n) is 8.37. The Morgan fingerprint density at radius 3 is 2.39 bits per heavy atom. The Balaban J connectivity index is 1.77. The number of carbonyl (C=O) groups is 2. The number of fused-ring (bicyclic) bond motifs is 1. The third-order valence-electron chi connectivity index (χ3n) is 5.96. The molecule has 176 valence electrons. The summed E-state index contributed by atoms with van der Waals surface area (Å²) < 4.78 is 34.5. The van der Waals surface area contributed by atoms with Gasteiger partial charge in [-0.25, -0.2) is 13.2 Å². The summed E-state index contributed by atoms with van der Waals surface area (Å²) in [7, 11) is -3.30. The minimum Gasteiger partial charge on any atom is -0.449 e. The molecule has 0 aliphatic carbocycles. The summed E-state index contributed by atoms with van der Waals surface area (Å²) in [5.74, 6) is -0.117. The van der Waals surface area contributed by atoms with Crippen LogP contribution in [-0.4, -0.2) is 58.6 Å². The number of anilines is 2. The van der Waals surface area contributed by atoms with Crippen LogP contribution in [0.3, 0.4) is 0 Å². The van der Waals surface area contributed by atoms with E-state index >= 15 is 0 Å². The van der Waals surface area contributed by atoms with E-state index in [4.69, 9.17) is 9.47 Å². The standard InChI is InChI=1S/C24H28N2O6S/c1-4-31-24(28)26-16(2)15-25(23(27)22-6-5-13-32-22)21-14-18(9-12-20(21)26)17-7-10-19(11-8-17)33(3,29)30/h7-12,14,16,22H,4-6,13,15H2,1-3H3/t16-,22?/m0/s1. The van der Waals surface area contributed by atoms with Crippen LogP contribution in [0.4, 0.5) is 16.2 Å². The summed E-state index contributed by atoms with van der Waals surface area (Å²) in [4.78, 5) is 29.5. The Kier molecular flexibility index (Phi) is 6.45. The quantitative estimate of drug-likeness (QED) is 0.675. The maximum atomic E-state index is 13.3. The highest BCUT2D eigenvalue weighted by Gasteiger charge is 2.39. The third kappa shape index (κ3) is 4.60. The summed E-state index contributed by atoms with van der Waals surface area (Å²) in [5.41, 5.74) is 2.80. The number of carbonyl (C=O) groups excluding carboxylic acids is 2. The van der Waals surface area contributed by atoms with Crippen molar-refractivity contribution in [3.05, 3.63) is 42.5 Å². The van der Waals surface area contributed by atoms with E-state index in [-0.39, 0.29) is 23.5 Å². The van der Waals surface area contributed by atoms with E-state index in [1.54, 1.807) is 47.1 Å². The van der Waals surface area contributed by atoms with Gasteiger partial charge < -0.3 is 14.4 Å². The van der Waals surface area contributed by atoms with E-state index in [9.17, 15) is 18.0 Å². The topological polar surface area (TPSA) is 93.2 Å². The Hall–Kier alpha value is -2.91. The fourth-order valence-electron chi connectivity index (χ4n) is 4.33. The SMILES string of the molecule is CCOC(=O)N1c2ccc(-c3ccc(S(C)(=O)=O)cc3)cc2N(C(=O)C2CCCO2)C[C@@H]1C. The van der Waals surface area contributed by atoms with Crippen LogP contribution in [0.2, 0.25) is 0 Å². The highest BCUT2D eigenvalue weighted by molar-refractivity contribution is 7.90. The van der Waals surface area contributed by atoms with E-state index < -0.39 is 22.0 Å². The van der Waals surface area contributed by atoms with E-state index in [1.165, 1.54) is 6.26 Å². The van der Waals surface area contributed by atoms with Gasteiger partial charge in [0, 0.05) is 19.4 Å². The van der Waals surface area contributed by atoms with Crippen LogP contribution in [-0.2, 0) is 24.1 Å². The van der Waals surface area contributed by atoms with Gasteiger partial charge in [0.2, 0.25) is 0 Å². The summed E-state index contributed by atoms with van der Waals surface area (Å²) in [6.07, 6.45) is 1.74. The molecule has 0 N–H and O–H groups in total. The Morgan fingerprint density at radius 1 is 1.09 bits per heavy atom. The fraction of sp³-hybridized carbons (Fsp3) is 0.417. The first kappa shape index (κ1) is 23.3. The minimum atomic E-state index is -3.30. The lowest BCUT2D eigenvalue weighted by Gasteiger charge is -2.41. The molecule has 0 saturated carbocycles. The van der Waals surface area contributed by atoms with E-state index in [2.05, 4.69) is 0 Å². The van der Waals surface area contributed by atoms with Crippen molar-refractivity contribution in [1.82, 2.24) is 0 Å².